The minimum absolute atomic E-state index is 0.0982. The third-order valence-corrected chi connectivity index (χ3v) is 3.55. The van der Waals surface area contributed by atoms with Gasteiger partial charge < -0.3 is 5.32 Å². The molecular weight excluding hydrogens is 230 g/mol. The Bertz CT molecular complexity index is 397. The van der Waals surface area contributed by atoms with E-state index in [1.807, 2.05) is 0 Å². The maximum atomic E-state index is 4.02. The minimum Gasteiger partial charge on any atom is -0.311 e. The third-order valence-electron chi connectivity index (χ3n) is 3.55. The molecule has 0 spiro atoms. The van der Waals surface area contributed by atoms with E-state index >= 15 is 0 Å². The van der Waals surface area contributed by atoms with Crippen LogP contribution in [0, 0.1) is 5.41 Å². The van der Waals surface area contributed by atoms with E-state index in [-0.39, 0.29) is 11.0 Å². The number of aryl methyl sites for hydroxylation is 1. The van der Waals surface area contributed by atoms with Gasteiger partial charge in [-0.3, -0.25) is 0 Å². The zero-order valence-electron chi connectivity index (χ0n) is 13.2. The Morgan fingerprint density at radius 3 is 2.00 bits per heavy atom. The van der Waals surface area contributed by atoms with E-state index in [1.165, 1.54) is 11.1 Å². The first kappa shape index (κ1) is 16.0. The molecule has 0 bridgehead atoms. The van der Waals surface area contributed by atoms with Crippen LogP contribution in [-0.2, 0) is 12.8 Å². The molecule has 1 aromatic rings. The molecule has 0 aliphatic carbocycles. The summed E-state index contributed by atoms with van der Waals surface area (Å²) in [6.07, 6.45) is 4.22. The lowest BCUT2D eigenvalue weighted by molar-refractivity contribution is 0.322. The molecule has 0 heterocycles. The second kappa shape index (κ2) is 6.38. The van der Waals surface area contributed by atoms with Crippen LogP contribution in [0.1, 0.15) is 45.7 Å². The Labute approximate surface area is 119 Å². The van der Waals surface area contributed by atoms with Gasteiger partial charge in [0.15, 0.2) is 0 Å². The molecule has 1 rings (SSSR count). The maximum Gasteiger partial charge on any atom is 0.00968 e. The van der Waals surface area contributed by atoms with Crippen molar-refractivity contribution in [3.8, 4) is 0 Å². The number of hydrogen-bond acceptors (Lipinski definition) is 1. The zero-order chi connectivity index (χ0) is 14.5. The van der Waals surface area contributed by atoms with Crippen LogP contribution in [0.4, 0.5) is 0 Å². The van der Waals surface area contributed by atoms with Crippen molar-refractivity contribution >= 4 is 0 Å². The molecule has 1 aromatic carbocycles. The van der Waals surface area contributed by atoms with Crippen LogP contribution in [0.25, 0.3) is 0 Å². The summed E-state index contributed by atoms with van der Waals surface area (Å²) in [5.74, 6) is 0. The molecule has 1 heteroatoms. The molecule has 0 fully saturated rings. The van der Waals surface area contributed by atoms with Crippen LogP contribution in [0.5, 0.6) is 0 Å². The van der Waals surface area contributed by atoms with E-state index in [0.717, 1.165) is 19.4 Å². The molecule has 0 aliphatic heterocycles. The van der Waals surface area contributed by atoms with Gasteiger partial charge in [0, 0.05) is 17.5 Å². The summed E-state index contributed by atoms with van der Waals surface area (Å²) in [4.78, 5) is 0. The van der Waals surface area contributed by atoms with Crippen LogP contribution in [0.15, 0.2) is 36.9 Å². The molecular formula is C18H29N. The highest BCUT2D eigenvalue weighted by Crippen LogP contribution is 2.24. The van der Waals surface area contributed by atoms with Gasteiger partial charge in [0.1, 0.15) is 0 Å². The molecule has 0 radical (unpaired) electrons. The first-order valence-electron chi connectivity index (χ1n) is 7.24. The topological polar surface area (TPSA) is 12.0 Å². The van der Waals surface area contributed by atoms with Crippen molar-refractivity contribution < 1.29 is 0 Å². The summed E-state index contributed by atoms with van der Waals surface area (Å²) in [6, 6.07) is 8.96. The number of hydrogen-bond donors (Lipinski definition) is 1. The van der Waals surface area contributed by atoms with Crippen molar-refractivity contribution in [2.24, 2.45) is 5.41 Å². The van der Waals surface area contributed by atoms with Crippen molar-refractivity contribution in [2.45, 2.75) is 53.0 Å². The number of rotatable bonds is 6. The van der Waals surface area contributed by atoms with E-state index in [9.17, 15) is 0 Å². The SMILES string of the molecule is C=CC(C)(CNC(C)(C)C)Cc1ccc(CC)cc1. The van der Waals surface area contributed by atoms with Crippen molar-refractivity contribution in [1.82, 2.24) is 5.32 Å². The highest BCUT2D eigenvalue weighted by molar-refractivity contribution is 5.24. The van der Waals surface area contributed by atoms with Crippen molar-refractivity contribution in [2.75, 3.05) is 6.54 Å². The Hall–Kier alpha value is -1.08. The lowest BCUT2D eigenvalue weighted by Crippen LogP contribution is -2.43. The fourth-order valence-electron chi connectivity index (χ4n) is 2.03. The van der Waals surface area contributed by atoms with Crippen LogP contribution in [0.2, 0.25) is 0 Å². The lowest BCUT2D eigenvalue weighted by atomic mass is 9.83. The van der Waals surface area contributed by atoms with Crippen molar-refractivity contribution in [3.05, 3.63) is 48.0 Å². The fourth-order valence-corrected chi connectivity index (χ4v) is 2.03. The largest absolute Gasteiger partial charge is 0.311 e. The first-order chi connectivity index (χ1) is 8.78. The first-order valence-corrected chi connectivity index (χ1v) is 7.24. The van der Waals surface area contributed by atoms with E-state index in [0.29, 0.717) is 0 Å². The highest BCUT2D eigenvalue weighted by Gasteiger charge is 2.23. The minimum atomic E-state index is 0.0982. The molecule has 106 valence electrons. The summed E-state index contributed by atoms with van der Waals surface area (Å²) in [5.41, 5.74) is 3.03. The van der Waals surface area contributed by atoms with Gasteiger partial charge in [-0.15, -0.1) is 6.58 Å². The summed E-state index contributed by atoms with van der Waals surface area (Å²) < 4.78 is 0. The standard InChI is InChI=1S/C18H29N/c1-7-15-9-11-16(12-10-15)13-18(6,8-2)14-19-17(3,4)5/h8-12,19H,2,7,13-14H2,1,3-6H3. The predicted molar refractivity (Wildman–Crippen MR) is 85.6 cm³/mol. The average molecular weight is 259 g/mol. The normalized spacial score (nSPS) is 15.0. The Kier molecular flexibility index (Phi) is 5.37. The molecule has 0 aliphatic rings. The molecule has 0 saturated heterocycles. The Morgan fingerprint density at radius 2 is 1.58 bits per heavy atom. The molecule has 19 heavy (non-hydrogen) atoms. The number of benzene rings is 1. The second-order valence-electron chi connectivity index (χ2n) is 6.81. The third kappa shape index (κ3) is 5.61. The molecule has 1 unspecified atom stereocenters. The van der Waals surface area contributed by atoms with Crippen LogP contribution in [-0.4, -0.2) is 12.1 Å². The van der Waals surface area contributed by atoms with Crippen LogP contribution < -0.4 is 5.32 Å². The van der Waals surface area contributed by atoms with Crippen LogP contribution in [0.3, 0.4) is 0 Å². The van der Waals surface area contributed by atoms with Gasteiger partial charge in [-0.25, -0.2) is 0 Å². The van der Waals surface area contributed by atoms with Gasteiger partial charge >= 0.3 is 0 Å². The van der Waals surface area contributed by atoms with E-state index in [4.69, 9.17) is 0 Å². The molecule has 1 N–H and O–H groups in total. The summed E-state index contributed by atoms with van der Waals surface area (Å²) >= 11 is 0. The zero-order valence-corrected chi connectivity index (χ0v) is 13.2. The summed E-state index contributed by atoms with van der Waals surface area (Å²) in [7, 11) is 0. The van der Waals surface area contributed by atoms with Gasteiger partial charge in [0.2, 0.25) is 0 Å². The summed E-state index contributed by atoms with van der Waals surface area (Å²) in [5, 5.41) is 3.58. The molecule has 0 aromatic heterocycles. The highest BCUT2D eigenvalue weighted by atomic mass is 15.0. The quantitative estimate of drug-likeness (QED) is 0.748. The van der Waals surface area contributed by atoms with Crippen molar-refractivity contribution in [1.29, 1.82) is 0 Å². The smallest absolute Gasteiger partial charge is 0.00968 e. The van der Waals surface area contributed by atoms with Gasteiger partial charge in [-0.2, -0.15) is 0 Å². The Balaban J connectivity index is 2.71. The monoisotopic (exact) mass is 259 g/mol. The van der Waals surface area contributed by atoms with E-state index < -0.39 is 0 Å². The van der Waals surface area contributed by atoms with Crippen molar-refractivity contribution in [3.63, 3.8) is 0 Å². The maximum absolute atomic E-state index is 4.02. The molecule has 0 saturated carbocycles. The molecule has 1 nitrogen and oxygen atoms in total. The Morgan fingerprint density at radius 1 is 1.05 bits per heavy atom. The second-order valence-corrected chi connectivity index (χ2v) is 6.81. The van der Waals surface area contributed by atoms with E-state index in [2.05, 4.69) is 76.9 Å². The van der Waals surface area contributed by atoms with Crippen LogP contribution >= 0.6 is 0 Å². The lowest BCUT2D eigenvalue weighted by Gasteiger charge is -2.31. The fraction of sp³-hybridized carbons (Fsp3) is 0.556. The predicted octanol–water partition coefficient (Wildman–Crippen LogP) is 4.37. The van der Waals surface area contributed by atoms with Gasteiger partial charge in [0.05, 0.1) is 0 Å². The van der Waals surface area contributed by atoms with E-state index in [1.54, 1.807) is 0 Å². The number of nitrogens with one attached hydrogen (secondary N) is 1. The van der Waals surface area contributed by atoms with Gasteiger partial charge in [0.25, 0.3) is 0 Å². The average Bonchev–Trinajstić information content (AvgIpc) is 2.37. The molecule has 1 atom stereocenters. The van der Waals surface area contributed by atoms with Gasteiger partial charge in [-0.1, -0.05) is 44.2 Å². The molecule has 0 amide bonds. The summed E-state index contributed by atoms with van der Waals surface area (Å²) in [6.45, 7) is 16.0. The van der Waals surface area contributed by atoms with Gasteiger partial charge in [-0.05, 0) is 44.7 Å².